The van der Waals surface area contributed by atoms with E-state index in [1.807, 2.05) is 0 Å². The summed E-state index contributed by atoms with van der Waals surface area (Å²) in [4.78, 5) is 33.5. The minimum atomic E-state index is -1.22. The lowest BCUT2D eigenvalue weighted by atomic mass is 10.1. The van der Waals surface area contributed by atoms with Crippen molar-refractivity contribution in [1.29, 1.82) is 0 Å². The summed E-state index contributed by atoms with van der Waals surface area (Å²) in [5.74, 6) is -2.34. The van der Waals surface area contributed by atoms with Gasteiger partial charge < -0.3 is 16.2 Å². The Morgan fingerprint density at radius 3 is 2.43 bits per heavy atom. The van der Waals surface area contributed by atoms with Gasteiger partial charge >= 0.3 is 5.97 Å². The normalized spacial score (nSPS) is 11.7. The van der Waals surface area contributed by atoms with Gasteiger partial charge in [-0.05, 0) is 24.1 Å². The molecule has 1 rings (SSSR count). The van der Waals surface area contributed by atoms with Crippen molar-refractivity contribution in [2.24, 2.45) is 5.73 Å². The van der Waals surface area contributed by atoms with E-state index in [1.54, 1.807) is 12.1 Å². The fraction of sp³-hybridized carbons (Fsp3) is 0.308. The zero-order chi connectivity index (χ0) is 16.0. The third-order valence-corrected chi connectivity index (χ3v) is 3.40. The van der Waals surface area contributed by atoms with Crippen molar-refractivity contribution in [3.63, 3.8) is 0 Å². The van der Waals surface area contributed by atoms with Crippen LogP contribution in [-0.2, 0) is 20.8 Å². The second kappa shape index (κ2) is 7.85. The number of rotatable bonds is 7. The Balaban J connectivity index is 2.62. The molecule has 0 heterocycles. The van der Waals surface area contributed by atoms with Crippen molar-refractivity contribution in [3.8, 4) is 0 Å². The number of carboxylic acids is 1. The number of carboxylic acid groups (broad SMARTS) is 1. The highest BCUT2D eigenvalue weighted by Gasteiger charge is 2.20. The van der Waals surface area contributed by atoms with Gasteiger partial charge in [0, 0.05) is 6.42 Å². The number of aliphatic carboxylic acids is 1. The summed E-state index contributed by atoms with van der Waals surface area (Å²) >= 11 is 11.6. The van der Waals surface area contributed by atoms with Crippen LogP contribution in [0, 0.1) is 0 Å². The molecule has 0 aliphatic carbocycles. The lowest BCUT2D eigenvalue weighted by Crippen LogP contribution is -2.42. The number of hydrogen-bond acceptors (Lipinski definition) is 3. The van der Waals surface area contributed by atoms with Gasteiger partial charge in [-0.25, -0.2) is 4.79 Å². The van der Waals surface area contributed by atoms with E-state index >= 15 is 0 Å². The molecular formula is C13H14Cl2N2O4. The summed E-state index contributed by atoms with van der Waals surface area (Å²) < 4.78 is 0. The largest absolute Gasteiger partial charge is 0.480 e. The third-order valence-electron chi connectivity index (χ3n) is 2.66. The summed E-state index contributed by atoms with van der Waals surface area (Å²) in [7, 11) is 0. The predicted molar refractivity (Wildman–Crippen MR) is 78.2 cm³/mol. The average molecular weight is 333 g/mol. The number of nitrogens with two attached hydrogens (primary N) is 1. The molecule has 6 nitrogen and oxygen atoms in total. The number of carbonyl (C=O) groups excluding carboxylic acids is 2. The summed E-state index contributed by atoms with van der Waals surface area (Å²) in [5.41, 5.74) is 5.55. The molecule has 0 spiro atoms. The lowest BCUT2D eigenvalue weighted by molar-refractivity contribution is -0.142. The molecule has 114 valence electrons. The van der Waals surface area contributed by atoms with E-state index < -0.39 is 23.8 Å². The third kappa shape index (κ3) is 6.01. The maximum absolute atomic E-state index is 11.8. The molecule has 1 atom stereocenters. The number of amides is 2. The van der Waals surface area contributed by atoms with Gasteiger partial charge in [-0.2, -0.15) is 0 Å². The summed E-state index contributed by atoms with van der Waals surface area (Å²) in [6, 6.07) is 3.54. The van der Waals surface area contributed by atoms with Crippen LogP contribution >= 0.6 is 23.2 Å². The van der Waals surface area contributed by atoms with Crippen molar-refractivity contribution in [1.82, 2.24) is 5.32 Å². The Kier molecular flexibility index (Phi) is 6.45. The van der Waals surface area contributed by atoms with E-state index in [2.05, 4.69) is 5.32 Å². The first-order valence-electron chi connectivity index (χ1n) is 6.04. The Labute approximate surface area is 131 Å². The van der Waals surface area contributed by atoms with Gasteiger partial charge in [-0.15, -0.1) is 0 Å². The van der Waals surface area contributed by atoms with E-state index in [4.69, 9.17) is 34.0 Å². The van der Waals surface area contributed by atoms with E-state index in [1.165, 1.54) is 6.07 Å². The quantitative estimate of drug-likeness (QED) is 0.700. The van der Waals surface area contributed by atoms with Crippen molar-refractivity contribution in [3.05, 3.63) is 33.8 Å². The Morgan fingerprint density at radius 2 is 1.90 bits per heavy atom. The first kappa shape index (κ1) is 17.3. The number of primary amides is 1. The minimum absolute atomic E-state index is 0.0444. The number of benzene rings is 1. The van der Waals surface area contributed by atoms with Crippen molar-refractivity contribution in [2.45, 2.75) is 25.3 Å². The van der Waals surface area contributed by atoms with Gasteiger partial charge in [-0.1, -0.05) is 29.3 Å². The molecule has 0 aromatic heterocycles. The highest BCUT2D eigenvalue weighted by atomic mass is 35.5. The van der Waals surface area contributed by atoms with Crippen LogP contribution in [0.3, 0.4) is 0 Å². The maximum atomic E-state index is 11.8. The Bertz CT molecular complexity index is 563. The summed E-state index contributed by atoms with van der Waals surface area (Å²) in [6.45, 7) is 0. The first-order chi connectivity index (χ1) is 9.79. The Hall–Kier alpha value is -1.79. The average Bonchev–Trinajstić information content (AvgIpc) is 2.38. The van der Waals surface area contributed by atoms with Crippen LogP contribution < -0.4 is 11.1 Å². The van der Waals surface area contributed by atoms with Crippen LogP contribution in [0.1, 0.15) is 18.4 Å². The van der Waals surface area contributed by atoms with Gasteiger partial charge in [0.05, 0.1) is 16.5 Å². The van der Waals surface area contributed by atoms with Crippen LogP contribution in [0.25, 0.3) is 0 Å². The number of halogens is 2. The molecule has 0 aliphatic heterocycles. The van der Waals surface area contributed by atoms with Gasteiger partial charge in [0.15, 0.2) is 0 Å². The lowest BCUT2D eigenvalue weighted by Gasteiger charge is -2.13. The van der Waals surface area contributed by atoms with Gasteiger partial charge in [0.25, 0.3) is 0 Å². The molecule has 0 fully saturated rings. The number of hydrogen-bond donors (Lipinski definition) is 3. The maximum Gasteiger partial charge on any atom is 0.326 e. The highest BCUT2D eigenvalue weighted by molar-refractivity contribution is 6.42. The molecule has 1 aromatic carbocycles. The zero-order valence-corrected chi connectivity index (χ0v) is 12.4. The van der Waals surface area contributed by atoms with Crippen LogP contribution in [0.4, 0.5) is 0 Å². The molecule has 0 unspecified atom stereocenters. The van der Waals surface area contributed by atoms with E-state index in [9.17, 15) is 14.4 Å². The van der Waals surface area contributed by atoms with Crippen LogP contribution in [0.2, 0.25) is 10.0 Å². The topological polar surface area (TPSA) is 109 Å². The fourth-order valence-corrected chi connectivity index (χ4v) is 1.95. The van der Waals surface area contributed by atoms with Gasteiger partial charge in [0.1, 0.15) is 6.04 Å². The van der Waals surface area contributed by atoms with E-state index in [0.29, 0.717) is 15.6 Å². The molecule has 21 heavy (non-hydrogen) atoms. The highest BCUT2D eigenvalue weighted by Crippen LogP contribution is 2.22. The zero-order valence-electron chi connectivity index (χ0n) is 10.9. The summed E-state index contributed by atoms with van der Waals surface area (Å²) in [5, 5.41) is 12.0. The fourth-order valence-electron chi connectivity index (χ4n) is 1.62. The van der Waals surface area contributed by atoms with Crippen molar-refractivity contribution in [2.75, 3.05) is 0 Å². The smallest absolute Gasteiger partial charge is 0.326 e. The second-order valence-electron chi connectivity index (χ2n) is 4.39. The number of nitrogens with one attached hydrogen (secondary N) is 1. The standard InChI is InChI=1S/C13H14Cl2N2O4/c14-8-2-1-7(5-9(8)15)6-12(19)17-10(13(20)21)3-4-11(16)18/h1-2,5,10H,3-4,6H2,(H2,16,18)(H,17,19)(H,20,21)/t10-/m1/s1. The number of carbonyl (C=O) groups is 3. The predicted octanol–water partition coefficient (Wildman–Crippen LogP) is 1.37. The monoisotopic (exact) mass is 332 g/mol. The molecule has 0 radical (unpaired) electrons. The van der Waals surface area contributed by atoms with E-state index in [0.717, 1.165) is 0 Å². The molecular weight excluding hydrogens is 319 g/mol. The molecule has 0 saturated carbocycles. The SMILES string of the molecule is NC(=O)CC[C@@H](NC(=O)Cc1ccc(Cl)c(Cl)c1)C(=O)O. The van der Waals surface area contributed by atoms with Crippen LogP contribution in [0.15, 0.2) is 18.2 Å². The molecule has 2 amide bonds. The van der Waals surface area contributed by atoms with E-state index in [-0.39, 0.29) is 19.3 Å². The van der Waals surface area contributed by atoms with Crippen LogP contribution in [0.5, 0.6) is 0 Å². The molecule has 0 saturated heterocycles. The molecule has 1 aromatic rings. The molecule has 0 bridgehead atoms. The molecule has 8 heteroatoms. The van der Waals surface area contributed by atoms with Crippen molar-refractivity contribution < 1.29 is 19.5 Å². The first-order valence-corrected chi connectivity index (χ1v) is 6.79. The molecule has 0 aliphatic rings. The second-order valence-corrected chi connectivity index (χ2v) is 5.20. The minimum Gasteiger partial charge on any atom is -0.480 e. The van der Waals surface area contributed by atoms with Gasteiger partial charge in [-0.3, -0.25) is 9.59 Å². The van der Waals surface area contributed by atoms with Crippen LogP contribution in [-0.4, -0.2) is 28.9 Å². The molecule has 4 N–H and O–H groups in total. The Morgan fingerprint density at radius 1 is 1.24 bits per heavy atom. The summed E-state index contributed by atoms with van der Waals surface area (Å²) in [6.07, 6.45) is -0.223. The van der Waals surface area contributed by atoms with Crippen molar-refractivity contribution >= 4 is 41.0 Å². The van der Waals surface area contributed by atoms with Gasteiger partial charge in [0.2, 0.25) is 11.8 Å².